The van der Waals surface area contributed by atoms with E-state index in [-0.39, 0.29) is 22.0 Å². The summed E-state index contributed by atoms with van der Waals surface area (Å²) in [6, 6.07) is 6.34. The molecule has 0 N–H and O–H groups in total. The highest BCUT2D eigenvalue weighted by Gasteiger charge is 2.18. The van der Waals surface area contributed by atoms with Crippen LogP contribution in [0.15, 0.2) is 29.6 Å². The van der Waals surface area contributed by atoms with Gasteiger partial charge >= 0.3 is 0 Å². The van der Waals surface area contributed by atoms with Gasteiger partial charge in [-0.1, -0.05) is 29.4 Å². The number of hydrogen-bond acceptors (Lipinski definition) is 5. The van der Waals surface area contributed by atoms with E-state index >= 15 is 0 Å². The molecule has 3 rings (SSSR count). The van der Waals surface area contributed by atoms with Crippen molar-refractivity contribution in [2.75, 3.05) is 6.26 Å². The van der Waals surface area contributed by atoms with Crippen LogP contribution in [0.4, 0.5) is 4.39 Å². The molecule has 1 aromatic carbocycles. The average Bonchev–Trinajstić information content (AvgIpc) is 2.90. The predicted octanol–water partition coefficient (Wildman–Crippen LogP) is 3.18. The standard InChI is InChI=1S/C13H7ClFN5S/c1-21-13-17-6-7(5-16)12-18-11(19-20(12)13)10-8(14)3-2-4-9(10)15/h2-4,6H,1H3. The Morgan fingerprint density at radius 1 is 1.43 bits per heavy atom. The van der Waals surface area contributed by atoms with Gasteiger partial charge in [-0.2, -0.15) is 9.78 Å². The molecule has 0 unspecified atom stereocenters. The molecule has 0 aliphatic heterocycles. The Hall–Kier alpha value is -2.17. The minimum Gasteiger partial charge on any atom is -0.230 e. The Morgan fingerprint density at radius 3 is 2.90 bits per heavy atom. The molecule has 8 heteroatoms. The quantitative estimate of drug-likeness (QED) is 0.536. The fourth-order valence-corrected chi connectivity index (χ4v) is 2.59. The van der Waals surface area contributed by atoms with E-state index in [2.05, 4.69) is 15.1 Å². The van der Waals surface area contributed by atoms with E-state index in [1.54, 1.807) is 6.07 Å². The maximum atomic E-state index is 14.0. The molecular formula is C13H7ClFN5S. The van der Waals surface area contributed by atoms with Gasteiger partial charge in [-0.05, 0) is 18.4 Å². The normalized spacial score (nSPS) is 10.8. The van der Waals surface area contributed by atoms with Crippen LogP contribution in [0.1, 0.15) is 5.56 Å². The lowest BCUT2D eigenvalue weighted by molar-refractivity contribution is 0.629. The van der Waals surface area contributed by atoms with E-state index in [9.17, 15) is 4.39 Å². The van der Waals surface area contributed by atoms with Gasteiger partial charge in [0, 0.05) is 0 Å². The summed E-state index contributed by atoms with van der Waals surface area (Å²) in [6.07, 6.45) is 3.24. The molecule has 0 radical (unpaired) electrons. The molecule has 2 heterocycles. The van der Waals surface area contributed by atoms with Crippen LogP contribution >= 0.6 is 23.4 Å². The highest BCUT2D eigenvalue weighted by Crippen LogP contribution is 2.29. The third-order valence-corrected chi connectivity index (χ3v) is 3.78. The Morgan fingerprint density at radius 2 is 2.24 bits per heavy atom. The van der Waals surface area contributed by atoms with E-state index in [4.69, 9.17) is 16.9 Å². The molecule has 21 heavy (non-hydrogen) atoms. The molecule has 0 amide bonds. The molecular weight excluding hydrogens is 313 g/mol. The molecule has 0 saturated heterocycles. The van der Waals surface area contributed by atoms with Crippen molar-refractivity contribution in [1.82, 2.24) is 19.6 Å². The van der Waals surface area contributed by atoms with Crippen molar-refractivity contribution < 1.29 is 4.39 Å². The lowest BCUT2D eigenvalue weighted by atomic mass is 10.2. The zero-order valence-corrected chi connectivity index (χ0v) is 12.3. The highest BCUT2D eigenvalue weighted by molar-refractivity contribution is 7.98. The van der Waals surface area contributed by atoms with Crippen LogP contribution in [-0.4, -0.2) is 25.8 Å². The number of nitriles is 1. The fourth-order valence-electron chi connectivity index (χ4n) is 1.89. The number of rotatable bonds is 2. The number of hydrogen-bond donors (Lipinski definition) is 0. The maximum Gasteiger partial charge on any atom is 0.190 e. The summed E-state index contributed by atoms with van der Waals surface area (Å²) in [5.41, 5.74) is 0.698. The molecule has 0 bridgehead atoms. The van der Waals surface area contributed by atoms with Gasteiger partial charge in [-0.3, -0.25) is 0 Å². The molecule has 0 aliphatic rings. The van der Waals surface area contributed by atoms with Crippen molar-refractivity contribution in [3.63, 3.8) is 0 Å². The van der Waals surface area contributed by atoms with Gasteiger partial charge in [0.15, 0.2) is 16.6 Å². The van der Waals surface area contributed by atoms with Crippen LogP contribution in [-0.2, 0) is 0 Å². The van der Waals surface area contributed by atoms with Crippen LogP contribution in [0.3, 0.4) is 0 Å². The van der Waals surface area contributed by atoms with Gasteiger partial charge in [-0.25, -0.2) is 14.4 Å². The van der Waals surface area contributed by atoms with Crippen LogP contribution in [0.25, 0.3) is 17.0 Å². The molecule has 0 fully saturated rings. The summed E-state index contributed by atoms with van der Waals surface area (Å²) < 4.78 is 15.4. The predicted molar refractivity (Wildman–Crippen MR) is 77.7 cm³/mol. The van der Waals surface area contributed by atoms with Crippen molar-refractivity contribution >= 4 is 29.0 Å². The first-order valence-electron chi connectivity index (χ1n) is 5.80. The Labute approximate surface area is 128 Å². The topological polar surface area (TPSA) is 66.9 Å². The minimum atomic E-state index is -0.518. The molecule has 0 aliphatic carbocycles. The van der Waals surface area contributed by atoms with E-state index in [0.717, 1.165) is 0 Å². The van der Waals surface area contributed by atoms with Gasteiger partial charge in [0.05, 0.1) is 16.8 Å². The Kier molecular flexibility index (Phi) is 3.49. The summed E-state index contributed by atoms with van der Waals surface area (Å²) in [5, 5.41) is 14.1. The summed E-state index contributed by atoms with van der Waals surface area (Å²) in [5.74, 6) is -0.395. The first-order chi connectivity index (χ1) is 10.2. The molecule has 5 nitrogen and oxygen atoms in total. The van der Waals surface area contributed by atoms with E-state index in [0.29, 0.717) is 10.8 Å². The third-order valence-electron chi connectivity index (χ3n) is 2.82. The fraction of sp³-hybridized carbons (Fsp3) is 0.0769. The van der Waals surface area contributed by atoms with Gasteiger partial charge in [0.25, 0.3) is 0 Å². The average molecular weight is 320 g/mol. The Bertz CT molecular complexity index is 866. The summed E-state index contributed by atoms with van der Waals surface area (Å²) >= 11 is 7.37. The number of aromatic nitrogens is 4. The number of benzene rings is 1. The number of thioether (sulfide) groups is 1. The van der Waals surface area contributed by atoms with Gasteiger partial charge in [-0.15, -0.1) is 5.10 Å². The number of nitrogens with zero attached hydrogens (tertiary/aromatic N) is 5. The van der Waals surface area contributed by atoms with Crippen LogP contribution in [0.2, 0.25) is 5.02 Å². The Balaban J connectivity index is 2.34. The van der Waals surface area contributed by atoms with Crippen molar-refractivity contribution in [3.8, 4) is 17.5 Å². The second-order valence-corrected chi connectivity index (χ2v) is 5.22. The molecule has 3 aromatic rings. The van der Waals surface area contributed by atoms with Gasteiger partial charge in [0.2, 0.25) is 0 Å². The van der Waals surface area contributed by atoms with E-state index < -0.39 is 5.82 Å². The molecule has 0 atom stereocenters. The summed E-state index contributed by atoms with van der Waals surface area (Å²) in [6.45, 7) is 0. The van der Waals surface area contributed by atoms with Crippen molar-refractivity contribution in [2.45, 2.75) is 5.16 Å². The molecule has 0 spiro atoms. The summed E-state index contributed by atoms with van der Waals surface area (Å²) in [7, 11) is 0. The number of fused-ring (bicyclic) bond motifs is 1. The lowest BCUT2D eigenvalue weighted by Crippen LogP contribution is -1.98. The summed E-state index contributed by atoms with van der Waals surface area (Å²) in [4.78, 5) is 8.36. The second kappa shape index (κ2) is 5.31. The second-order valence-electron chi connectivity index (χ2n) is 4.04. The highest BCUT2D eigenvalue weighted by atomic mass is 35.5. The lowest BCUT2D eigenvalue weighted by Gasteiger charge is -2.00. The van der Waals surface area contributed by atoms with E-state index in [1.807, 2.05) is 12.3 Å². The maximum absolute atomic E-state index is 14.0. The minimum absolute atomic E-state index is 0.110. The zero-order valence-electron chi connectivity index (χ0n) is 10.7. The monoisotopic (exact) mass is 319 g/mol. The largest absolute Gasteiger partial charge is 0.230 e. The van der Waals surface area contributed by atoms with Crippen LogP contribution in [0, 0.1) is 17.1 Å². The van der Waals surface area contributed by atoms with Crippen molar-refractivity contribution in [2.24, 2.45) is 0 Å². The molecule has 0 saturated carbocycles. The van der Waals surface area contributed by atoms with Crippen molar-refractivity contribution in [3.05, 3.63) is 40.8 Å². The van der Waals surface area contributed by atoms with Crippen molar-refractivity contribution in [1.29, 1.82) is 5.26 Å². The SMILES string of the molecule is CSc1ncc(C#N)c2nc(-c3c(F)cccc3Cl)nn12. The number of halogens is 2. The van der Waals surface area contributed by atoms with Crippen LogP contribution in [0.5, 0.6) is 0 Å². The van der Waals surface area contributed by atoms with Crippen LogP contribution < -0.4 is 0 Å². The van der Waals surface area contributed by atoms with Gasteiger partial charge < -0.3 is 0 Å². The van der Waals surface area contributed by atoms with E-state index in [1.165, 1.54) is 34.6 Å². The molecule has 104 valence electrons. The smallest absolute Gasteiger partial charge is 0.190 e. The van der Waals surface area contributed by atoms with Gasteiger partial charge in [0.1, 0.15) is 17.4 Å². The first-order valence-corrected chi connectivity index (χ1v) is 7.40. The zero-order chi connectivity index (χ0) is 15.0. The molecule has 2 aromatic heterocycles. The third kappa shape index (κ3) is 2.22. The first kappa shape index (κ1) is 13.8.